The lowest BCUT2D eigenvalue weighted by molar-refractivity contribution is -0.124. The SMILES string of the molecule is CC1(C)CC(=O)C2=C(C1)OC(N)=C(C#N)[C@]21C(=O)Nc2ccc(Br)cc21. The smallest absolute Gasteiger partial charge is 0.245 e. The normalized spacial score (nSPS) is 26.2. The zero-order chi connectivity index (χ0) is 18.9. The minimum absolute atomic E-state index is 0.0429. The number of carbonyl (C=O) groups is 2. The fourth-order valence-electron chi connectivity index (χ4n) is 4.17. The molecule has 132 valence electrons. The summed E-state index contributed by atoms with van der Waals surface area (Å²) in [6, 6.07) is 7.30. The summed E-state index contributed by atoms with van der Waals surface area (Å²) in [7, 11) is 0. The molecule has 4 rings (SSSR count). The first kappa shape index (κ1) is 16.9. The van der Waals surface area contributed by atoms with Crippen molar-refractivity contribution in [2.45, 2.75) is 32.1 Å². The molecule has 1 spiro atoms. The van der Waals surface area contributed by atoms with Gasteiger partial charge in [-0.05, 0) is 23.6 Å². The zero-order valence-electron chi connectivity index (χ0n) is 14.3. The van der Waals surface area contributed by atoms with Crippen LogP contribution in [0, 0.1) is 16.7 Å². The number of nitriles is 1. The average Bonchev–Trinajstić information content (AvgIpc) is 2.79. The van der Waals surface area contributed by atoms with Crippen LogP contribution in [-0.4, -0.2) is 11.7 Å². The molecule has 2 aliphatic heterocycles. The summed E-state index contributed by atoms with van der Waals surface area (Å²) in [6.45, 7) is 3.92. The number of nitrogens with zero attached hydrogens (tertiary/aromatic N) is 1. The van der Waals surface area contributed by atoms with Gasteiger partial charge in [0, 0.05) is 28.6 Å². The molecule has 26 heavy (non-hydrogen) atoms. The van der Waals surface area contributed by atoms with Crippen LogP contribution in [0.15, 0.2) is 45.5 Å². The summed E-state index contributed by atoms with van der Waals surface area (Å²) in [5.41, 5.74) is 5.47. The van der Waals surface area contributed by atoms with Crippen molar-refractivity contribution in [3.05, 3.63) is 51.0 Å². The lowest BCUT2D eigenvalue weighted by Gasteiger charge is -2.41. The van der Waals surface area contributed by atoms with Gasteiger partial charge in [-0.2, -0.15) is 5.26 Å². The second kappa shape index (κ2) is 5.21. The summed E-state index contributed by atoms with van der Waals surface area (Å²) >= 11 is 3.41. The number of Topliss-reactive ketones (excluding diaryl/α,β-unsaturated/α-hetero) is 1. The Morgan fingerprint density at radius 2 is 2.04 bits per heavy atom. The summed E-state index contributed by atoms with van der Waals surface area (Å²) in [5, 5.41) is 12.6. The van der Waals surface area contributed by atoms with Gasteiger partial charge in [0.05, 0.1) is 5.57 Å². The van der Waals surface area contributed by atoms with Gasteiger partial charge in [0.1, 0.15) is 22.8 Å². The van der Waals surface area contributed by atoms with Crippen LogP contribution in [0.3, 0.4) is 0 Å². The summed E-state index contributed by atoms with van der Waals surface area (Å²) in [6.07, 6.45) is 0.734. The molecule has 0 radical (unpaired) electrons. The number of nitrogens with two attached hydrogens (primary N) is 1. The quantitative estimate of drug-likeness (QED) is 0.679. The van der Waals surface area contributed by atoms with Gasteiger partial charge in [0.2, 0.25) is 11.8 Å². The standard InChI is InChI=1S/C19H16BrN3O3/c1-18(2)6-13(24)15-14(7-18)26-16(22)11(8-21)19(15)10-5-9(20)3-4-12(10)23-17(19)25/h3-5H,6-7,22H2,1-2H3,(H,23,25)/t19-/m0/s1. The van der Waals surface area contributed by atoms with Gasteiger partial charge in [0.25, 0.3) is 0 Å². The predicted octanol–water partition coefficient (Wildman–Crippen LogP) is 3.01. The Bertz CT molecular complexity index is 1000. The van der Waals surface area contributed by atoms with Gasteiger partial charge in [-0.15, -0.1) is 0 Å². The third-order valence-electron chi connectivity index (χ3n) is 5.15. The number of allylic oxidation sites excluding steroid dienone is 1. The molecule has 0 unspecified atom stereocenters. The van der Waals surface area contributed by atoms with Crippen molar-refractivity contribution in [3.63, 3.8) is 0 Å². The molecule has 0 bridgehead atoms. The van der Waals surface area contributed by atoms with Gasteiger partial charge in [-0.3, -0.25) is 9.59 Å². The number of rotatable bonds is 0. The second-order valence-corrected chi connectivity index (χ2v) is 8.50. The van der Waals surface area contributed by atoms with Crippen LogP contribution in [-0.2, 0) is 19.7 Å². The van der Waals surface area contributed by atoms with E-state index in [-0.39, 0.29) is 34.6 Å². The lowest BCUT2D eigenvalue weighted by atomic mass is 9.62. The highest BCUT2D eigenvalue weighted by atomic mass is 79.9. The molecule has 1 aromatic carbocycles. The van der Waals surface area contributed by atoms with Gasteiger partial charge in [-0.1, -0.05) is 29.8 Å². The number of anilines is 1. The van der Waals surface area contributed by atoms with Crippen LogP contribution in [0.25, 0.3) is 0 Å². The predicted molar refractivity (Wildman–Crippen MR) is 97.4 cm³/mol. The average molecular weight is 414 g/mol. The molecular formula is C19H16BrN3O3. The molecule has 1 aliphatic carbocycles. The maximum Gasteiger partial charge on any atom is 0.245 e. The number of ether oxygens (including phenoxy) is 1. The van der Waals surface area contributed by atoms with Gasteiger partial charge < -0.3 is 15.8 Å². The number of halogens is 1. The highest BCUT2D eigenvalue weighted by Crippen LogP contribution is 2.56. The molecule has 0 aromatic heterocycles. The van der Waals surface area contributed by atoms with Crippen LogP contribution in [0.5, 0.6) is 0 Å². The molecule has 1 atom stereocenters. The van der Waals surface area contributed by atoms with Crippen molar-refractivity contribution in [1.82, 2.24) is 0 Å². The lowest BCUT2D eigenvalue weighted by Crippen LogP contribution is -2.48. The third-order valence-corrected chi connectivity index (χ3v) is 5.64. The summed E-state index contributed by atoms with van der Waals surface area (Å²) < 4.78 is 6.42. The highest BCUT2D eigenvalue weighted by Gasteiger charge is 2.60. The van der Waals surface area contributed by atoms with E-state index >= 15 is 0 Å². The Labute approximate surface area is 158 Å². The zero-order valence-corrected chi connectivity index (χ0v) is 15.9. The van der Waals surface area contributed by atoms with E-state index in [0.29, 0.717) is 23.4 Å². The Morgan fingerprint density at radius 3 is 2.73 bits per heavy atom. The van der Waals surface area contributed by atoms with E-state index in [2.05, 4.69) is 21.2 Å². The van der Waals surface area contributed by atoms with Crippen molar-refractivity contribution >= 4 is 33.3 Å². The largest absolute Gasteiger partial charge is 0.444 e. The Morgan fingerprint density at radius 1 is 1.31 bits per heavy atom. The van der Waals surface area contributed by atoms with Crippen molar-refractivity contribution in [1.29, 1.82) is 5.26 Å². The highest BCUT2D eigenvalue weighted by molar-refractivity contribution is 9.10. The van der Waals surface area contributed by atoms with Crippen molar-refractivity contribution in [2.24, 2.45) is 11.1 Å². The van der Waals surface area contributed by atoms with E-state index in [1.54, 1.807) is 18.2 Å². The number of ketones is 1. The first-order valence-corrected chi connectivity index (χ1v) is 8.96. The van der Waals surface area contributed by atoms with Gasteiger partial charge >= 0.3 is 0 Å². The van der Waals surface area contributed by atoms with E-state index in [4.69, 9.17) is 10.5 Å². The maximum atomic E-state index is 13.2. The molecule has 0 saturated carbocycles. The fraction of sp³-hybridized carbons (Fsp3) is 0.316. The molecule has 7 heteroatoms. The molecule has 0 fully saturated rings. The van der Waals surface area contributed by atoms with Crippen LogP contribution >= 0.6 is 15.9 Å². The van der Waals surface area contributed by atoms with E-state index in [9.17, 15) is 14.9 Å². The number of benzene rings is 1. The Balaban J connectivity index is 2.10. The van der Waals surface area contributed by atoms with E-state index in [1.165, 1.54) is 0 Å². The Hall–Kier alpha value is -2.59. The Kier molecular flexibility index (Phi) is 3.38. The molecular weight excluding hydrogens is 398 g/mol. The van der Waals surface area contributed by atoms with Crippen LogP contribution in [0.2, 0.25) is 0 Å². The van der Waals surface area contributed by atoms with Crippen LogP contribution in [0.4, 0.5) is 5.69 Å². The monoisotopic (exact) mass is 413 g/mol. The third kappa shape index (κ3) is 2.02. The van der Waals surface area contributed by atoms with Crippen LogP contribution < -0.4 is 11.1 Å². The van der Waals surface area contributed by atoms with E-state index in [1.807, 2.05) is 19.9 Å². The number of fused-ring (bicyclic) bond motifs is 3. The number of hydrogen-bond acceptors (Lipinski definition) is 5. The van der Waals surface area contributed by atoms with E-state index < -0.39 is 11.3 Å². The van der Waals surface area contributed by atoms with Crippen molar-refractivity contribution in [2.75, 3.05) is 5.32 Å². The molecule has 1 amide bonds. The second-order valence-electron chi connectivity index (χ2n) is 7.59. The van der Waals surface area contributed by atoms with Crippen LogP contribution in [0.1, 0.15) is 32.3 Å². The minimum Gasteiger partial charge on any atom is -0.444 e. The fourth-order valence-corrected chi connectivity index (χ4v) is 4.53. The molecule has 1 aromatic rings. The number of nitrogens with one attached hydrogen (secondary N) is 1. The first-order chi connectivity index (χ1) is 12.2. The first-order valence-electron chi connectivity index (χ1n) is 8.17. The topological polar surface area (TPSA) is 105 Å². The molecule has 6 nitrogen and oxygen atoms in total. The molecule has 2 heterocycles. The maximum absolute atomic E-state index is 13.2. The van der Waals surface area contributed by atoms with Gasteiger partial charge in [-0.25, -0.2) is 0 Å². The molecule has 3 aliphatic rings. The number of hydrogen-bond donors (Lipinski definition) is 2. The van der Waals surface area contributed by atoms with Crippen molar-refractivity contribution < 1.29 is 14.3 Å². The summed E-state index contributed by atoms with van der Waals surface area (Å²) in [5.74, 6) is -0.390. The molecule has 3 N–H and O–H groups in total. The van der Waals surface area contributed by atoms with E-state index in [0.717, 1.165) is 4.47 Å². The summed E-state index contributed by atoms with van der Waals surface area (Å²) in [4.78, 5) is 26.3. The van der Waals surface area contributed by atoms with Crippen molar-refractivity contribution in [3.8, 4) is 6.07 Å². The molecule has 0 saturated heterocycles. The minimum atomic E-state index is -1.56. The van der Waals surface area contributed by atoms with Gasteiger partial charge in [0.15, 0.2) is 5.78 Å². The number of carbonyl (C=O) groups excluding carboxylic acids is 2. The number of amides is 1.